The molecule has 0 N–H and O–H groups in total. The van der Waals surface area contributed by atoms with Crippen molar-refractivity contribution in [2.24, 2.45) is 11.8 Å². The van der Waals surface area contributed by atoms with Crippen molar-refractivity contribution in [3.63, 3.8) is 0 Å². The van der Waals surface area contributed by atoms with E-state index in [-0.39, 0.29) is 14.9 Å². The smallest absolute Gasteiger partial charge is 0.0392 e. The molecular formula is C44H86. The average Bonchev–Trinajstić information content (AvgIpc) is 2.96. The van der Waals surface area contributed by atoms with Crippen molar-refractivity contribution in [1.82, 2.24) is 0 Å². The number of rotatable bonds is 3. The van der Waals surface area contributed by atoms with Crippen LogP contribution in [0, 0.1) is 81.1 Å². The van der Waals surface area contributed by atoms with Crippen molar-refractivity contribution in [1.29, 1.82) is 0 Å². The zero-order valence-electron chi connectivity index (χ0n) is 32.4. The van der Waals surface area contributed by atoms with Crippen LogP contribution in [0.2, 0.25) is 0 Å². The minimum atomic E-state index is 0. The molecule has 0 bridgehead atoms. The van der Waals surface area contributed by atoms with Crippen LogP contribution in [0.25, 0.3) is 0 Å². The lowest BCUT2D eigenvalue weighted by Crippen LogP contribution is -2.08. The van der Waals surface area contributed by atoms with Crippen molar-refractivity contribution >= 4 is 0 Å². The SMILES string of the molecule is C.C.CC1CCC(C)CC1.CCC.CCCC.CCCCC.Cc1c(C)c(C)c(C)c(C)c1C.Cc1cc(C)c(C)c(C)c1. The third kappa shape index (κ3) is 23.8. The first-order chi connectivity index (χ1) is 19.6. The molecule has 0 radical (unpaired) electrons. The van der Waals surface area contributed by atoms with Gasteiger partial charge in [-0.25, -0.2) is 0 Å². The zero-order valence-corrected chi connectivity index (χ0v) is 32.4. The molecule has 44 heavy (non-hydrogen) atoms. The molecule has 0 heteroatoms. The molecule has 0 heterocycles. The Morgan fingerprint density at radius 2 is 0.659 bits per heavy atom. The van der Waals surface area contributed by atoms with Gasteiger partial charge in [0.2, 0.25) is 0 Å². The van der Waals surface area contributed by atoms with E-state index in [0.717, 1.165) is 11.8 Å². The number of hydrogen-bond donors (Lipinski definition) is 0. The predicted octanol–water partition coefficient (Wildman–Crippen LogP) is 16.0. The summed E-state index contributed by atoms with van der Waals surface area (Å²) in [5.41, 5.74) is 14.3. The number of benzene rings is 2. The maximum absolute atomic E-state index is 2.37. The Labute approximate surface area is 282 Å². The van der Waals surface area contributed by atoms with Gasteiger partial charge >= 0.3 is 0 Å². The van der Waals surface area contributed by atoms with Crippen LogP contribution < -0.4 is 0 Å². The molecule has 2 aromatic carbocycles. The molecule has 0 atom stereocenters. The molecule has 1 fully saturated rings. The molecular weight excluding hydrogens is 528 g/mol. The summed E-state index contributed by atoms with van der Waals surface area (Å²) in [7, 11) is 0. The van der Waals surface area contributed by atoms with E-state index in [1.807, 2.05) is 0 Å². The lowest BCUT2D eigenvalue weighted by Gasteiger charge is -2.22. The van der Waals surface area contributed by atoms with Crippen molar-refractivity contribution in [2.75, 3.05) is 0 Å². The summed E-state index contributed by atoms with van der Waals surface area (Å²) in [5, 5.41) is 0. The fourth-order valence-electron chi connectivity index (χ4n) is 4.72. The van der Waals surface area contributed by atoms with E-state index < -0.39 is 0 Å². The lowest BCUT2D eigenvalue weighted by atomic mass is 9.84. The summed E-state index contributed by atoms with van der Waals surface area (Å²) in [4.78, 5) is 0. The van der Waals surface area contributed by atoms with E-state index in [0.29, 0.717) is 0 Å². The van der Waals surface area contributed by atoms with Gasteiger partial charge in [0.05, 0.1) is 0 Å². The molecule has 2 aromatic rings. The fraction of sp³-hybridized carbons (Fsp3) is 0.727. The van der Waals surface area contributed by atoms with Gasteiger partial charge in [-0.2, -0.15) is 0 Å². The van der Waals surface area contributed by atoms with E-state index in [2.05, 4.69) is 137 Å². The minimum absolute atomic E-state index is 0. The van der Waals surface area contributed by atoms with Crippen LogP contribution in [-0.2, 0) is 0 Å². The fourth-order valence-corrected chi connectivity index (χ4v) is 4.72. The summed E-state index contributed by atoms with van der Waals surface area (Å²) in [6.45, 7) is 39.7. The van der Waals surface area contributed by atoms with E-state index in [1.54, 1.807) is 0 Å². The largest absolute Gasteiger partial charge is 0.0776 e. The van der Waals surface area contributed by atoms with E-state index in [9.17, 15) is 0 Å². The molecule has 0 aromatic heterocycles. The normalized spacial score (nSPS) is 14.4. The predicted molar refractivity (Wildman–Crippen MR) is 212 cm³/mol. The van der Waals surface area contributed by atoms with Crippen LogP contribution in [0.15, 0.2) is 12.1 Å². The van der Waals surface area contributed by atoms with Crippen LogP contribution >= 0.6 is 0 Å². The highest BCUT2D eigenvalue weighted by Crippen LogP contribution is 2.27. The van der Waals surface area contributed by atoms with Crippen molar-refractivity contribution in [2.45, 2.75) is 204 Å². The van der Waals surface area contributed by atoms with Crippen LogP contribution in [-0.4, -0.2) is 0 Å². The highest BCUT2D eigenvalue weighted by molar-refractivity contribution is 5.48. The van der Waals surface area contributed by atoms with Crippen LogP contribution in [0.5, 0.6) is 0 Å². The first kappa shape index (κ1) is 52.0. The summed E-state index contributed by atoms with van der Waals surface area (Å²) < 4.78 is 0. The molecule has 0 nitrogen and oxygen atoms in total. The monoisotopic (exact) mass is 615 g/mol. The second-order valence-electron chi connectivity index (χ2n) is 13.2. The van der Waals surface area contributed by atoms with Gasteiger partial charge in [0.25, 0.3) is 0 Å². The van der Waals surface area contributed by atoms with E-state index >= 15 is 0 Å². The Bertz CT molecular complexity index is 780. The van der Waals surface area contributed by atoms with Gasteiger partial charge in [-0.3, -0.25) is 0 Å². The third-order valence-corrected chi connectivity index (χ3v) is 8.96. The Balaban J connectivity index is -0.000000145. The Morgan fingerprint density at radius 1 is 0.432 bits per heavy atom. The number of unbranched alkanes of at least 4 members (excludes halogenated alkanes) is 3. The Kier molecular flexibility index (Phi) is 37.1. The highest BCUT2D eigenvalue weighted by Gasteiger charge is 2.13. The Hall–Kier alpha value is -1.56. The lowest BCUT2D eigenvalue weighted by molar-refractivity contribution is 0.308. The molecule has 0 saturated heterocycles. The maximum atomic E-state index is 2.37. The molecule has 1 aliphatic carbocycles. The summed E-state index contributed by atoms with van der Waals surface area (Å²) in [5.74, 6) is 2.04. The van der Waals surface area contributed by atoms with Crippen molar-refractivity contribution in [3.8, 4) is 0 Å². The first-order valence-corrected chi connectivity index (χ1v) is 17.7. The van der Waals surface area contributed by atoms with Gasteiger partial charge in [0.15, 0.2) is 0 Å². The topological polar surface area (TPSA) is 0 Å². The van der Waals surface area contributed by atoms with Crippen LogP contribution in [0.3, 0.4) is 0 Å². The molecule has 0 amide bonds. The van der Waals surface area contributed by atoms with Gasteiger partial charge in [-0.05, 0) is 131 Å². The zero-order chi connectivity index (χ0) is 33.4. The highest BCUT2D eigenvalue weighted by atomic mass is 14.2. The molecule has 0 unspecified atom stereocenters. The second-order valence-corrected chi connectivity index (χ2v) is 13.2. The number of aryl methyl sites for hydroxylation is 3. The summed E-state index contributed by atoms with van der Waals surface area (Å²) >= 11 is 0. The van der Waals surface area contributed by atoms with Crippen molar-refractivity contribution in [3.05, 3.63) is 67.8 Å². The van der Waals surface area contributed by atoms with Crippen molar-refractivity contribution < 1.29 is 0 Å². The van der Waals surface area contributed by atoms with Gasteiger partial charge in [-0.1, -0.05) is 152 Å². The molecule has 1 aliphatic rings. The van der Waals surface area contributed by atoms with E-state index in [1.165, 1.54) is 120 Å². The molecule has 0 aliphatic heterocycles. The molecule has 3 rings (SSSR count). The van der Waals surface area contributed by atoms with E-state index in [4.69, 9.17) is 0 Å². The average molecular weight is 615 g/mol. The standard InChI is InChI=1S/C12H18.C10H14.C8H16.C5H12.C4H10.C3H8.2CH4/c1-7-8(2)10(4)12(6)11(5)9(7)3;1-7-5-8(2)10(4)9(3)6-7;1-7-3-5-8(2)6-4-7;1-3-5-4-2;1-3-4-2;1-3-2;;/h1-6H3;5-6H,1-4H3;7-8H,3-6H2,1-2H3;3-5H2,1-2H3;3-4H2,1-2H3;3H2,1-2H3;2*1H4. The second kappa shape index (κ2) is 31.4. The van der Waals surface area contributed by atoms with Gasteiger partial charge in [0.1, 0.15) is 0 Å². The van der Waals surface area contributed by atoms with Gasteiger partial charge in [0, 0.05) is 0 Å². The third-order valence-electron chi connectivity index (χ3n) is 8.96. The van der Waals surface area contributed by atoms with Gasteiger partial charge < -0.3 is 0 Å². The minimum Gasteiger partial charge on any atom is -0.0776 e. The summed E-state index contributed by atoms with van der Waals surface area (Å²) in [6.07, 6.45) is 13.9. The molecule has 262 valence electrons. The van der Waals surface area contributed by atoms with Crippen LogP contribution in [0.1, 0.15) is 190 Å². The molecule has 1 saturated carbocycles. The van der Waals surface area contributed by atoms with Gasteiger partial charge in [-0.15, -0.1) is 0 Å². The Morgan fingerprint density at radius 3 is 0.818 bits per heavy atom. The molecule has 0 spiro atoms. The summed E-state index contributed by atoms with van der Waals surface area (Å²) in [6, 6.07) is 4.45. The van der Waals surface area contributed by atoms with Crippen LogP contribution in [0.4, 0.5) is 0 Å². The number of hydrogen-bond acceptors (Lipinski definition) is 0. The maximum Gasteiger partial charge on any atom is -0.0392 e. The first-order valence-electron chi connectivity index (χ1n) is 17.7. The quantitative estimate of drug-likeness (QED) is 0.322.